The summed E-state index contributed by atoms with van der Waals surface area (Å²) in [7, 11) is 0. The van der Waals surface area contributed by atoms with Crippen LogP contribution in [-0.2, 0) is 13.1 Å². The van der Waals surface area contributed by atoms with E-state index in [9.17, 15) is 0 Å². The average molecular weight is 454 g/mol. The van der Waals surface area contributed by atoms with E-state index < -0.39 is 0 Å². The summed E-state index contributed by atoms with van der Waals surface area (Å²) in [5.74, 6) is 0.826. The number of imidazole rings is 1. The number of hydrogen-bond acceptors (Lipinski definition) is 6. The van der Waals surface area contributed by atoms with E-state index in [1.165, 1.54) is 5.56 Å². The number of hydrogen-bond donors (Lipinski definition) is 2. The number of nitrogens with two attached hydrogens (primary N) is 1. The minimum Gasteiger partial charge on any atom is -0.364 e. The van der Waals surface area contributed by atoms with Crippen LogP contribution < -0.4 is 11.1 Å². The Bertz CT molecular complexity index is 1230. The van der Waals surface area contributed by atoms with Gasteiger partial charge in [0.05, 0.1) is 35.6 Å². The number of piperidine rings is 1. The molecule has 0 radical (unpaired) electrons. The topological polar surface area (TPSA) is 84.9 Å². The van der Waals surface area contributed by atoms with E-state index in [1.54, 1.807) is 0 Å². The summed E-state index contributed by atoms with van der Waals surface area (Å²) in [5, 5.41) is 3.49. The number of nitrogens with one attached hydrogen (secondary N) is 1. The summed E-state index contributed by atoms with van der Waals surface area (Å²) in [6, 6.07) is 19.0. The molecule has 1 aromatic carbocycles. The van der Waals surface area contributed by atoms with E-state index >= 15 is 0 Å². The largest absolute Gasteiger partial charge is 0.364 e. The highest BCUT2D eigenvalue weighted by Crippen LogP contribution is 2.21. The molecule has 5 rings (SSSR count). The van der Waals surface area contributed by atoms with Gasteiger partial charge in [0.2, 0.25) is 0 Å². The monoisotopic (exact) mass is 453 g/mol. The first-order valence-corrected chi connectivity index (χ1v) is 11.9. The summed E-state index contributed by atoms with van der Waals surface area (Å²) in [6.07, 6.45) is 7.98. The maximum atomic E-state index is 6.20. The molecule has 7 nitrogen and oxygen atoms in total. The molecular formula is C27H31N7. The lowest BCUT2D eigenvalue weighted by Crippen LogP contribution is -2.42. The summed E-state index contributed by atoms with van der Waals surface area (Å²) in [5.41, 5.74) is 12.6. The zero-order valence-electron chi connectivity index (χ0n) is 19.6. The molecule has 0 unspecified atom stereocenters. The molecule has 4 heterocycles. The molecule has 0 spiro atoms. The zero-order chi connectivity index (χ0) is 23.3. The third-order valence-electron chi connectivity index (χ3n) is 6.17. The molecule has 3 N–H and O–H groups in total. The lowest BCUT2D eigenvalue weighted by Gasteiger charge is -2.30. The molecule has 34 heavy (non-hydrogen) atoms. The predicted octanol–water partition coefficient (Wildman–Crippen LogP) is 4.17. The minimum atomic E-state index is 0.244. The number of nitrogens with zero attached hydrogens (tertiary/aromatic N) is 5. The molecule has 4 aromatic rings. The standard InChI is InChI=1S/C27H31N7/c1-20-16-34(19-31-20)26-13-25(18-33-11-5-8-23(28)17-33)32-27(14-26)30-15-24-12-22(9-10-29-24)21-6-3-2-4-7-21/h2-4,6-7,9-10,12-14,16,19,23H,5,8,11,15,17-18,28H2,1H3,(H,30,32)/t23-/m0/s1. The average Bonchev–Trinajstić information content (AvgIpc) is 3.30. The first kappa shape index (κ1) is 22.3. The molecule has 1 atom stereocenters. The summed E-state index contributed by atoms with van der Waals surface area (Å²) in [6.45, 7) is 5.34. The third kappa shape index (κ3) is 5.50. The lowest BCUT2D eigenvalue weighted by atomic mass is 10.1. The Balaban J connectivity index is 1.37. The molecule has 0 aliphatic carbocycles. The van der Waals surface area contributed by atoms with Crippen LogP contribution in [0.2, 0.25) is 0 Å². The SMILES string of the molecule is Cc1cn(-c2cc(CN3CCC[C@H](N)C3)nc(NCc3cc(-c4ccccc4)ccn3)c2)cn1. The highest BCUT2D eigenvalue weighted by atomic mass is 15.2. The number of pyridine rings is 2. The van der Waals surface area contributed by atoms with Gasteiger partial charge in [0, 0.05) is 37.6 Å². The van der Waals surface area contributed by atoms with Crippen LogP contribution in [0.25, 0.3) is 16.8 Å². The van der Waals surface area contributed by atoms with Gasteiger partial charge >= 0.3 is 0 Å². The summed E-state index contributed by atoms with van der Waals surface area (Å²) >= 11 is 0. The quantitative estimate of drug-likeness (QED) is 0.437. The second kappa shape index (κ2) is 10.2. The molecule has 0 amide bonds. The number of anilines is 1. The van der Waals surface area contributed by atoms with Gasteiger partial charge in [-0.15, -0.1) is 0 Å². The fourth-order valence-corrected chi connectivity index (χ4v) is 4.48. The Labute approximate surface area is 200 Å². The fraction of sp³-hybridized carbons (Fsp3) is 0.296. The van der Waals surface area contributed by atoms with Crippen molar-refractivity contribution in [2.24, 2.45) is 5.73 Å². The zero-order valence-corrected chi connectivity index (χ0v) is 19.6. The number of likely N-dealkylation sites (tertiary alicyclic amines) is 1. The lowest BCUT2D eigenvalue weighted by molar-refractivity contribution is 0.199. The number of aromatic nitrogens is 4. The Morgan fingerprint density at radius 1 is 1.03 bits per heavy atom. The second-order valence-corrected chi connectivity index (χ2v) is 9.02. The van der Waals surface area contributed by atoms with E-state index in [0.717, 1.165) is 66.6 Å². The van der Waals surface area contributed by atoms with Crippen LogP contribution in [0.15, 0.2) is 73.3 Å². The molecular weight excluding hydrogens is 422 g/mol. The van der Waals surface area contributed by atoms with E-state index in [1.807, 2.05) is 42.3 Å². The maximum Gasteiger partial charge on any atom is 0.128 e. The van der Waals surface area contributed by atoms with Gasteiger partial charge in [-0.05, 0) is 55.6 Å². The smallest absolute Gasteiger partial charge is 0.128 e. The normalized spacial score (nSPS) is 16.5. The van der Waals surface area contributed by atoms with Gasteiger partial charge in [-0.1, -0.05) is 30.3 Å². The van der Waals surface area contributed by atoms with Crippen LogP contribution in [0.5, 0.6) is 0 Å². The summed E-state index contributed by atoms with van der Waals surface area (Å²) < 4.78 is 2.04. The van der Waals surface area contributed by atoms with Crippen LogP contribution in [0.3, 0.4) is 0 Å². The second-order valence-electron chi connectivity index (χ2n) is 9.02. The van der Waals surface area contributed by atoms with Gasteiger partial charge in [0.25, 0.3) is 0 Å². The van der Waals surface area contributed by atoms with Crippen molar-refractivity contribution < 1.29 is 0 Å². The fourth-order valence-electron chi connectivity index (χ4n) is 4.48. The van der Waals surface area contributed by atoms with Crippen molar-refractivity contribution in [3.8, 4) is 16.8 Å². The Hall–Kier alpha value is -3.55. The van der Waals surface area contributed by atoms with Crippen molar-refractivity contribution in [3.05, 3.63) is 90.4 Å². The maximum absolute atomic E-state index is 6.20. The minimum absolute atomic E-state index is 0.244. The number of rotatable bonds is 7. The van der Waals surface area contributed by atoms with Crippen LogP contribution in [0, 0.1) is 6.92 Å². The molecule has 174 valence electrons. The number of benzene rings is 1. The molecule has 1 fully saturated rings. The van der Waals surface area contributed by atoms with E-state index in [4.69, 9.17) is 10.7 Å². The van der Waals surface area contributed by atoms with Gasteiger partial charge in [0.1, 0.15) is 5.82 Å². The van der Waals surface area contributed by atoms with Crippen molar-refractivity contribution in [1.82, 2.24) is 24.4 Å². The molecule has 7 heteroatoms. The van der Waals surface area contributed by atoms with E-state index in [-0.39, 0.29) is 6.04 Å². The van der Waals surface area contributed by atoms with Crippen LogP contribution in [0.4, 0.5) is 5.82 Å². The van der Waals surface area contributed by atoms with Crippen molar-refractivity contribution in [2.75, 3.05) is 18.4 Å². The molecule has 3 aromatic heterocycles. The van der Waals surface area contributed by atoms with Gasteiger partial charge < -0.3 is 15.6 Å². The predicted molar refractivity (Wildman–Crippen MR) is 136 cm³/mol. The van der Waals surface area contributed by atoms with Gasteiger partial charge in [-0.25, -0.2) is 9.97 Å². The van der Waals surface area contributed by atoms with Gasteiger partial charge in [0.15, 0.2) is 0 Å². The highest BCUT2D eigenvalue weighted by molar-refractivity contribution is 5.63. The first-order chi connectivity index (χ1) is 16.6. The Morgan fingerprint density at radius 2 is 1.91 bits per heavy atom. The first-order valence-electron chi connectivity index (χ1n) is 11.9. The third-order valence-corrected chi connectivity index (χ3v) is 6.17. The van der Waals surface area contributed by atoms with E-state index in [0.29, 0.717) is 6.54 Å². The molecule has 1 aliphatic rings. The Kier molecular flexibility index (Phi) is 6.65. The van der Waals surface area contributed by atoms with Crippen molar-refractivity contribution in [1.29, 1.82) is 0 Å². The van der Waals surface area contributed by atoms with Crippen LogP contribution >= 0.6 is 0 Å². The molecule has 0 saturated carbocycles. The van der Waals surface area contributed by atoms with Crippen molar-refractivity contribution in [2.45, 2.75) is 38.9 Å². The molecule has 1 aliphatic heterocycles. The molecule has 0 bridgehead atoms. The number of aryl methyl sites for hydroxylation is 1. The van der Waals surface area contributed by atoms with Crippen LogP contribution in [-0.4, -0.2) is 43.6 Å². The van der Waals surface area contributed by atoms with Crippen LogP contribution in [0.1, 0.15) is 29.9 Å². The van der Waals surface area contributed by atoms with E-state index in [2.05, 4.69) is 62.6 Å². The van der Waals surface area contributed by atoms with Gasteiger partial charge in [-0.2, -0.15) is 0 Å². The molecule has 1 saturated heterocycles. The van der Waals surface area contributed by atoms with Crippen molar-refractivity contribution >= 4 is 5.82 Å². The van der Waals surface area contributed by atoms with Crippen molar-refractivity contribution in [3.63, 3.8) is 0 Å². The van der Waals surface area contributed by atoms with Gasteiger partial charge in [-0.3, -0.25) is 9.88 Å². The summed E-state index contributed by atoms with van der Waals surface area (Å²) in [4.78, 5) is 16.3. The Morgan fingerprint density at radius 3 is 2.71 bits per heavy atom. The highest BCUT2D eigenvalue weighted by Gasteiger charge is 2.18.